The largest absolute Gasteiger partial charge is 0.444 e. The number of nitrogens with one attached hydrogen (secondary N) is 4. The molecular weight excluding hydrogens is 548 g/mol. The maximum Gasteiger partial charge on any atom is 0.407 e. The third-order valence-corrected chi connectivity index (χ3v) is 6.90. The average molecular weight is 599 g/mol. The second-order valence-corrected chi connectivity index (χ2v) is 13.0. The van der Waals surface area contributed by atoms with E-state index in [9.17, 15) is 24.6 Å². The van der Waals surface area contributed by atoms with Crippen LogP contribution in [0.5, 0.6) is 0 Å². The molecule has 0 spiro atoms. The van der Waals surface area contributed by atoms with Gasteiger partial charge in [0.15, 0.2) is 0 Å². The first-order valence-electron chi connectivity index (χ1n) is 14.8. The minimum atomic E-state index is -1.05. The Bertz CT molecular complexity index is 1150. The lowest BCUT2D eigenvalue weighted by molar-refractivity contribution is -0.140. The summed E-state index contributed by atoms with van der Waals surface area (Å²) < 4.78 is 5.40. The average Bonchev–Trinajstić information content (AvgIpc) is 2.91. The van der Waals surface area contributed by atoms with Gasteiger partial charge in [-0.3, -0.25) is 9.59 Å². The lowest BCUT2D eigenvalue weighted by atomic mass is 9.79. The van der Waals surface area contributed by atoms with Gasteiger partial charge in [0, 0.05) is 20.1 Å². The van der Waals surface area contributed by atoms with Crippen LogP contribution in [0.4, 0.5) is 4.79 Å². The summed E-state index contributed by atoms with van der Waals surface area (Å²) in [7, 11) is 1.49. The smallest absolute Gasteiger partial charge is 0.407 e. The van der Waals surface area contributed by atoms with E-state index < -0.39 is 59.1 Å². The van der Waals surface area contributed by atoms with Gasteiger partial charge in [0.05, 0.1) is 24.3 Å². The molecule has 0 fully saturated rings. The fourth-order valence-electron chi connectivity index (χ4n) is 4.74. The summed E-state index contributed by atoms with van der Waals surface area (Å²) in [5, 5.41) is 33.6. The fraction of sp³-hybridized carbons (Fsp3) is 0.545. The zero-order valence-electron chi connectivity index (χ0n) is 26.5. The first kappa shape index (κ1) is 35.7. The summed E-state index contributed by atoms with van der Waals surface area (Å²) in [6.07, 6.45) is -2.00. The third-order valence-electron chi connectivity index (χ3n) is 6.90. The predicted octanol–water partition coefficient (Wildman–Crippen LogP) is 2.57. The van der Waals surface area contributed by atoms with Crippen LogP contribution in [0.15, 0.2) is 60.7 Å². The van der Waals surface area contributed by atoms with Gasteiger partial charge in [-0.25, -0.2) is 4.79 Å². The van der Waals surface area contributed by atoms with E-state index in [2.05, 4.69) is 21.3 Å². The van der Waals surface area contributed by atoms with Gasteiger partial charge in [0.25, 0.3) is 0 Å². The van der Waals surface area contributed by atoms with Crippen molar-refractivity contribution in [3.63, 3.8) is 0 Å². The van der Waals surface area contributed by atoms with Gasteiger partial charge in [0.2, 0.25) is 11.8 Å². The Balaban J connectivity index is 2.13. The van der Waals surface area contributed by atoms with Crippen molar-refractivity contribution < 1.29 is 29.3 Å². The van der Waals surface area contributed by atoms with Crippen molar-refractivity contribution in [3.8, 4) is 0 Å². The molecule has 2 aromatic rings. The molecule has 0 aliphatic carbocycles. The first-order chi connectivity index (χ1) is 20.1. The van der Waals surface area contributed by atoms with E-state index in [1.54, 1.807) is 20.8 Å². The topological polar surface area (TPSA) is 149 Å². The van der Waals surface area contributed by atoms with Crippen molar-refractivity contribution in [1.82, 2.24) is 21.3 Å². The molecule has 0 aliphatic heterocycles. The normalized spacial score (nSPS) is 15.4. The molecule has 0 aromatic heterocycles. The van der Waals surface area contributed by atoms with Crippen LogP contribution in [0.3, 0.4) is 0 Å². The summed E-state index contributed by atoms with van der Waals surface area (Å²) in [5.74, 6) is -1.84. The Morgan fingerprint density at radius 1 is 0.721 bits per heavy atom. The van der Waals surface area contributed by atoms with Crippen molar-refractivity contribution in [2.24, 2.45) is 11.3 Å². The van der Waals surface area contributed by atoms with E-state index in [-0.39, 0.29) is 13.1 Å². The Hall–Kier alpha value is -3.47. The maximum atomic E-state index is 13.3. The minimum Gasteiger partial charge on any atom is -0.444 e. The van der Waals surface area contributed by atoms with Crippen LogP contribution in [-0.4, -0.2) is 78.2 Å². The Kier molecular flexibility index (Phi) is 13.6. The molecule has 0 aliphatic rings. The number of amides is 3. The predicted molar refractivity (Wildman–Crippen MR) is 167 cm³/mol. The molecule has 3 amide bonds. The third kappa shape index (κ3) is 12.7. The zero-order chi connectivity index (χ0) is 32.2. The molecule has 0 saturated carbocycles. The van der Waals surface area contributed by atoms with Gasteiger partial charge in [-0.05, 0) is 50.2 Å². The first-order valence-corrected chi connectivity index (χ1v) is 14.8. The monoisotopic (exact) mass is 598 g/mol. The van der Waals surface area contributed by atoms with Crippen molar-refractivity contribution in [2.45, 2.75) is 84.3 Å². The number of aliphatic hydroxyl groups excluding tert-OH is 2. The molecule has 2 aromatic carbocycles. The van der Waals surface area contributed by atoms with Gasteiger partial charge >= 0.3 is 6.09 Å². The molecule has 6 N–H and O–H groups in total. The van der Waals surface area contributed by atoms with E-state index >= 15 is 0 Å². The lowest BCUT2D eigenvalue weighted by Gasteiger charge is -2.32. The van der Waals surface area contributed by atoms with Crippen LogP contribution in [0.1, 0.15) is 52.7 Å². The molecule has 2 rings (SSSR count). The highest BCUT2D eigenvalue weighted by Crippen LogP contribution is 2.26. The number of carbonyl (C=O) groups is 3. The Morgan fingerprint density at radius 2 is 1.16 bits per heavy atom. The molecule has 43 heavy (non-hydrogen) atoms. The van der Waals surface area contributed by atoms with Crippen LogP contribution in [-0.2, 0) is 27.2 Å². The molecule has 0 radical (unpaired) electrons. The molecule has 0 heterocycles. The van der Waals surface area contributed by atoms with Gasteiger partial charge < -0.3 is 36.2 Å². The molecule has 0 bridgehead atoms. The molecule has 10 nitrogen and oxygen atoms in total. The van der Waals surface area contributed by atoms with Gasteiger partial charge in [-0.15, -0.1) is 0 Å². The van der Waals surface area contributed by atoms with Crippen molar-refractivity contribution in [3.05, 3.63) is 71.8 Å². The Morgan fingerprint density at radius 3 is 1.56 bits per heavy atom. The zero-order valence-corrected chi connectivity index (χ0v) is 26.5. The standard InChI is InChI=1S/C33H50N4O6/c1-32(2,3)28(29(40)34-7)30(41)36-24(18-22-14-10-8-11-15-22)26(38)20-35-21-27(39)25(19-23-16-12-9-13-17-23)37-31(42)43-33(4,5)6/h8-17,24-28,35,38-39H,18-21H2,1-7H3,(H,34,40)(H,36,41)(H,37,42)/t24-,25-,26+,27+,28?/m0/s1. The van der Waals surface area contributed by atoms with Crippen LogP contribution in [0.25, 0.3) is 0 Å². The maximum absolute atomic E-state index is 13.3. The van der Waals surface area contributed by atoms with Gasteiger partial charge in [-0.2, -0.15) is 0 Å². The number of rotatable bonds is 14. The highest BCUT2D eigenvalue weighted by atomic mass is 16.6. The highest BCUT2D eigenvalue weighted by Gasteiger charge is 2.38. The number of ether oxygens (including phenoxy) is 1. The molecule has 5 atom stereocenters. The summed E-state index contributed by atoms with van der Waals surface area (Å²) in [6.45, 7) is 10.8. The van der Waals surface area contributed by atoms with Crippen molar-refractivity contribution in [2.75, 3.05) is 20.1 Å². The van der Waals surface area contributed by atoms with Crippen LogP contribution >= 0.6 is 0 Å². The summed E-state index contributed by atoms with van der Waals surface area (Å²) in [6, 6.07) is 17.5. The number of aliphatic hydroxyl groups is 2. The number of alkyl carbamates (subject to hydrolysis) is 1. The lowest BCUT2D eigenvalue weighted by Crippen LogP contribution is -2.55. The van der Waals surface area contributed by atoms with Crippen molar-refractivity contribution >= 4 is 17.9 Å². The van der Waals surface area contributed by atoms with E-state index in [0.29, 0.717) is 12.8 Å². The summed E-state index contributed by atoms with van der Waals surface area (Å²) in [4.78, 5) is 38.5. The van der Waals surface area contributed by atoms with Crippen molar-refractivity contribution in [1.29, 1.82) is 0 Å². The van der Waals surface area contributed by atoms with Gasteiger partial charge in [0.1, 0.15) is 11.5 Å². The van der Waals surface area contributed by atoms with Crippen LogP contribution in [0, 0.1) is 11.3 Å². The number of hydrogen-bond acceptors (Lipinski definition) is 7. The van der Waals surface area contributed by atoms with Crippen LogP contribution in [0.2, 0.25) is 0 Å². The van der Waals surface area contributed by atoms with Gasteiger partial charge in [-0.1, -0.05) is 81.4 Å². The van der Waals surface area contributed by atoms with E-state index in [0.717, 1.165) is 11.1 Å². The number of hydrogen-bond donors (Lipinski definition) is 6. The highest BCUT2D eigenvalue weighted by molar-refractivity contribution is 6.01. The molecule has 0 saturated heterocycles. The molecular formula is C33H50N4O6. The second kappa shape index (κ2) is 16.4. The number of benzene rings is 2. The number of carbonyl (C=O) groups excluding carboxylic acids is 3. The molecule has 238 valence electrons. The molecule has 1 unspecified atom stereocenters. The summed E-state index contributed by atoms with van der Waals surface area (Å²) in [5.41, 5.74) is 0.488. The SMILES string of the molecule is CNC(=O)C(C(=O)N[C@@H](Cc1ccccc1)[C@H](O)CNC[C@@H](O)[C@H](Cc1ccccc1)NC(=O)OC(C)(C)C)C(C)(C)C. The van der Waals surface area contributed by atoms with E-state index in [1.807, 2.05) is 81.4 Å². The second-order valence-electron chi connectivity index (χ2n) is 13.0. The molecule has 10 heteroatoms. The summed E-state index contributed by atoms with van der Waals surface area (Å²) >= 11 is 0. The Labute approximate surface area is 256 Å². The quantitative estimate of drug-likeness (QED) is 0.183. The van der Waals surface area contributed by atoms with Crippen LogP contribution < -0.4 is 21.3 Å². The minimum absolute atomic E-state index is 0.0412. The fourth-order valence-corrected chi connectivity index (χ4v) is 4.74. The van der Waals surface area contributed by atoms with E-state index in [4.69, 9.17) is 4.74 Å². The van der Waals surface area contributed by atoms with E-state index in [1.165, 1.54) is 7.05 Å².